The van der Waals surface area contributed by atoms with Gasteiger partial charge in [0.2, 0.25) is 0 Å². The molecule has 0 radical (unpaired) electrons. The molecule has 0 saturated carbocycles. The molecule has 6 rings (SSSR count). The smallest absolute Gasteiger partial charge is 0.412 e. The van der Waals surface area contributed by atoms with Gasteiger partial charge in [-0.05, 0) is 31.5 Å². The van der Waals surface area contributed by atoms with Crippen molar-refractivity contribution in [3.8, 4) is 0 Å². The van der Waals surface area contributed by atoms with Gasteiger partial charge < -0.3 is 19.7 Å². The van der Waals surface area contributed by atoms with E-state index in [1.54, 1.807) is 19.1 Å². The van der Waals surface area contributed by atoms with E-state index in [0.29, 0.717) is 20.8 Å². The largest absolute Gasteiger partial charge is 0.477 e. The minimum Gasteiger partial charge on any atom is -0.477 e. The van der Waals surface area contributed by atoms with Gasteiger partial charge in [-0.1, -0.05) is 17.3 Å². The van der Waals surface area contributed by atoms with Gasteiger partial charge in [0.05, 0.1) is 13.7 Å². The standard InChI is InChI=1S/C21H18FN5O6S.C8H6N2O4S/c1-11-18(29)26(9-14-7-16(25-33-14)24-20(30)32-2)21(31)27-10-15(34-19(11)27)17(28)23-8-12-3-5-13(22)6-4-12;1-3-5(11)9-8(14)10-2-4(7(12)13)15-6(3)10/h3-7,10H,8-9H2,1-2H3,(H,23,28)(H,24,25,30);2H,1H3,(H,12,13)(H,9,11,14). The van der Waals surface area contributed by atoms with Crippen molar-refractivity contribution in [2.24, 2.45) is 0 Å². The van der Waals surface area contributed by atoms with Gasteiger partial charge in [0.1, 0.15) is 25.2 Å². The first-order valence-corrected chi connectivity index (χ1v) is 15.5. The quantitative estimate of drug-likeness (QED) is 0.187. The molecule has 0 aliphatic heterocycles. The number of aromatic nitrogens is 5. The first kappa shape index (κ1) is 34.2. The highest BCUT2D eigenvalue weighted by atomic mass is 32.1. The molecule has 2 amide bonds. The molecule has 17 nitrogen and oxygen atoms in total. The van der Waals surface area contributed by atoms with Crippen molar-refractivity contribution in [3.05, 3.63) is 122 Å². The summed E-state index contributed by atoms with van der Waals surface area (Å²) in [7, 11) is 1.19. The van der Waals surface area contributed by atoms with E-state index in [-0.39, 0.29) is 45.8 Å². The number of methoxy groups -OCH3 is 1. The number of nitrogens with one attached hydrogen (secondary N) is 3. The third-order valence-electron chi connectivity index (χ3n) is 6.86. The number of carbonyl (C=O) groups excluding carboxylic acids is 2. The number of aromatic carboxylic acids is 1. The summed E-state index contributed by atoms with van der Waals surface area (Å²) in [6.07, 6.45) is 1.81. The topological polar surface area (TPSA) is 229 Å². The van der Waals surface area contributed by atoms with Crippen LogP contribution in [-0.2, 0) is 17.8 Å². The van der Waals surface area contributed by atoms with Crippen molar-refractivity contribution in [3.63, 3.8) is 0 Å². The number of aryl methyl sites for hydroxylation is 2. The van der Waals surface area contributed by atoms with Gasteiger partial charge in [-0.15, -0.1) is 22.7 Å². The van der Waals surface area contributed by atoms with Crippen LogP contribution in [0.2, 0.25) is 0 Å². The molecular weight excluding hydrogens is 689 g/mol. The highest BCUT2D eigenvalue weighted by Gasteiger charge is 2.19. The van der Waals surface area contributed by atoms with Crippen LogP contribution in [0, 0.1) is 19.7 Å². The van der Waals surface area contributed by atoms with E-state index in [4.69, 9.17) is 9.63 Å². The fourth-order valence-corrected chi connectivity index (χ4v) is 6.28. The van der Waals surface area contributed by atoms with Gasteiger partial charge in [0, 0.05) is 36.1 Å². The Bertz CT molecular complexity index is 2490. The number of carboxylic acid groups (broad SMARTS) is 1. The minimum atomic E-state index is -1.12. The van der Waals surface area contributed by atoms with E-state index in [9.17, 15) is 38.0 Å². The molecule has 6 aromatic rings. The van der Waals surface area contributed by atoms with Gasteiger partial charge in [0.15, 0.2) is 11.6 Å². The Morgan fingerprint density at radius 3 is 2.33 bits per heavy atom. The Kier molecular flexibility index (Phi) is 9.71. The number of H-pyrrole nitrogens is 1. The second-order valence-electron chi connectivity index (χ2n) is 10.1. The van der Waals surface area contributed by atoms with Crippen LogP contribution in [0.25, 0.3) is 9.66 Å². The van der Waals surface area contributed by atoms with Gasteiger partial charge >= 0.3 is 23.4 Å². The number of aromatic amines is 1. The summed E-state index contributed by atoms with van der Waals surface area (Å²) in [4.78, 5) is 86.0. The lowest BCUT2D eigenvalue weighted by atomic mass is 10.2. The number of carboxylic acids is 1. The lowest BCUT2D eigenvalue weighted by Crippen LogP contribution is -2.38. The van der Waals surface area contributed by atoms with Gasteiger partial charge in [0.25, 0.3) is 17.0 Å². The Hall–Kier alpha value is -6.15. The van der Waals surface area contributed by atoms with E-state index in [1.807, 2.05) is 0 Å². The molecule has 5 aromatic heterocycles. The van der Waals surface area contributed by atoms with Crippen LogP contribution in [0.4, 0.5) is 15.0 Å². The first-order valence-electron chi connectivity index (χ1n) is 13.8. The second kappa shape index (κ2) is 13.9. The van der Waals surface area contributed by atoms with Gasteiger partial charge in [-0.3, -0.25) is 38.1 Å². The van der Waals surface area contributed by atoms with Gasteiger partial charge in [-0.2, -0.15) is 0 Å². The lowest BCUT2D eigenvalue weighted by Gasteiger charge is -2.05. The summed E-state index contributed by atoms with van der Waals surface area (Å²) >= 11 is 1.91. The number of benzene rings is 1. The molecule has 0 unspecified atom stereocenters. The molecule has 4 N–H and O–H groups in total. The highest BCUT2D eigenvalue weighted by molar-refractivity contribution is 7.19. The highest BCUT2D eigenvalue weighted by Crippen LogP contribution is 2.19. The number of carbonyl (C=O) groups is 3. The number of anilines is 1. The molecule has 0 atom stereocenters. The van der Waals surface area contributed by atoms with E-state index >= 15 is 0 Å². The zero-order chi connectivity index (χ0) is 35.6. The fourth-order valence-electron chi connectivity index (χ4n) is 4.35. The molecule has 254 valence electrons. The maximum absolute atomic E-state index is 13.0. The van der Waals surface area contributed by atoms with Crippen LogP contribution in [-0.4, -0.2) is 53.7 Å². The number of hydrogen-bond acceptors (Lipinski definition) is 12. The van der Waals surface area contributed by atoms with E-state index in [1.165, 1.54) is 49.0 Å². The Balaban J connectivity index is 0.000000259. The van der Waals surface area contributed by atoms with Crippen molar-refractivity contribution in [2.45, 2.75) is 26.9 Å². The summed E-state index contributed by atoms with van der Waals surface area (Å²) in [5, 5.41) is 17.4. The van der Waals surface area contributed by atoms with Crippen LogP contribution in [0.1, 0.15) is 41.8 Å². The third-order valence-corrected chi connectivity index (χ3v) is 9.26. The zero-order valence-corrected chi connectivity index (χ0v) is 27.2. The SMILES string of the molecule is COC(=O)Nc1cc(Cn2c(=O)c(C)c3sc(C(=O)NCc4ccc(F)cc4)cn3c2=O)on1.Cc1c(=O)[nH]c(=O)n2cc(C(=O)O)sc12. The van der Waals surface area contributed by atoms with Crippen LogP contribution >= 0.6 is 22.7 Å². The fraction of sp³-hybridized carbons (Fsp3) is 0.172. The van der Waals surface area contributed by atoms with Crippen molar-refractivity contribution in [2.75, 3.05) is 12.4 Å². The predicted molar refractivity (Wildman–Crippen MR) is 174 cm³/mol. The van der Waals surface area contributed by atoms with Gasteiger partial charge in [-0.25, -0.2) is 23.6 Å². The molecular formula is C29H24FN7O10S2. The average molecular weight is 714 g/mol. The number of thiazole rings is 2. The summed E-state index contributed by atoms with van der Waals surface area (Å²) in [6, 6.07) is 7.05. The van der Waals surface area contributed by atoms with Crippen molar-refractivity contribution in [1.82, 2.24) is 28.8 Å². The minimum absolute atomic E-state index is 0.0224. The first-order chi connectivity index (χ1) is 23.3. The Morgan fingerprint density at radius 2 is 1.65 bits per heavy atom. The van der Waals surface area contributed by atoms with E-state index in [0.717, 1.165) is 31.6 Å². The number of halogens is 1. The van der Waals surface area contributed by atoms with Crippen LogP contribution in [0.15, 0.2) is 66.4 Å². The molecule has 20 heteroatoms. The summed E-state index contributed by atoms with van der Waals surface area (Å²) in [6.45, 7) is 3.02. The maximum Gasteiger partial charge on any atom is 0.412 e. The number of ether oxygens (including phenoxy) is 1. The Morgan fingerprint density at radius 1 is 1.00 bits per heavy atom. The summed E-state index contributed by atoms with van der Waals surface area (Å²) in [5.74, 6) is -1.72. The van der Waals surface area contributed by atoms with Crippen molar-refractivity contribution >= 4 is 56.1 Å². The number of amides is 2. The van der Waals surface area contributed by atoms with Crippen LogP contribution < -0.4 is 33.1 Å². The number of rotatable bonds is 7. The molecule has 0 saturated heterocycles. The molecule has 1 aromatic carbocycles. The zero-order valence-electron chi connectivity index (χ0n) is 25.6. The summed E-state index contributed by atoms with van der Waals surface area (Å²) < 4.78 is 25.9. The maximum atomic E-state index is 13.0. The van der Waals surface area contributed by atoms with Crippen molar-refractivity contribution in [1.29, 1.82) is 0 Å². The van der Waals surface area contributed by atoms with Crippen LogP contribution in [0.3, 0.4) is 0 Å². The van der Waals surface area contributed by atoms with E-state index < -0.39 is 40.5 Å². The predicted octanol–water partition coefficient (Wildman–Crippen LogP) is 2.17. The molecule has 0 aliphatic rings. The molecule has 5 heterocycles. The van der Waals surface area contributed by atoms with E-state index in [2.05, 4.69) is 25.5 Å². The lowest BCUT2D eigenvalue weighted by molar-refractivity contribution is 0.0701. The number of hydrogen-bond donors (Lipinski definition) is 4. The van der Waals surface area contributed by atoms with Crippen molar-refractivity contribution < 1.29 is 33.1 Å². The number of nitrogens with zero attached hydrogens (tertiary/aromatic N) is 4. The van der Waals surface area contributed by atoms with Crippen LogP contribution in [0.5, 0.6) is 0 Å². The normalized spacial score (nSPS) is 10.9. The molecule has 0 fully saturated rings. The Labute approximate surface area is 279 Å². The summed E-state index contributed by atoms with van der Waals surface area (Å²) in [5.41, 5.74) is -1.01. The second-order valence-corrected chi connectivity index (χ2v) is 12.2. The molecule has 49 heavy (non-hydrogen) atoms. The third kappa shape index (κ3) is 7.23. The number of fused-ring (bicyclic) bond motifs is 2. The molecule has 0 bridgehead atoms. The monoisotopic (exact) mass is 713 g/mol. The average Bonchev–Trinajstić information content (AvgIpc) is 3.84. The molecule has 0 aliphatic carbocycles. The molecule has 0 spiro atoms.